The standard InChI is InChI=1S/C29H38N4O4S/c1-8-28(4,5)21-10-15-25(24(18-21)29(6,7)9-2)37-19-26(34)32-22-11-13-23(14-12-22)38(35,36)33-27-30-17-16-20(3)31-27/h10-18H,8-9,19H2,1-7H3,(H,32,34)(H,30,31,33). The number of aryl methyl sites for hydroxylation is 1. The molecule has 0 saturated carbocycles. The van der Waals surface area contributed by atoms with Gasteiger partial charge in [0.2, 0.25) is 5.95 Å². The summed E-state index contributed by atoms with van der Waals surface area (Å²) in [4.78, 5) is 20.7. The van der Waals surface area contributed by atoms with Gasteiger partial charge in [-0.1, -0.05) is 53.7 Å². The van der Waals surface area contributed by atoms with Crippen LogP contribution in [0.4, 0.5) is 11.6 Å². The van der Waals surface area contributed by atoms with Crippen molar-refractivity contribution in [2.24, 2.45) is 0 Å². The summed E-state index contributed by atoms with van der Waals surface area (Å²) in [5.74, 6) is 0.343. The molecule has 0 spiro atoms. The Morgan fingerprint density at radius 1 is 0.947 bits per heavy atom. The average molecular weight is 539 g/mol. The summed E-state index contributed by atoms with van der Waals surface area (Å²) in [6.45, 7) is 14.7. The second-order valence-electron chi connectivity index (χ2n) is 10.7. The average Bonchev–Trinajstić information content (AvgIpc) is 2.87. The lowest BCUT2D eigenvalue weighted by Crippen LogP contribution is -2.24. The monoisotopic (exact) mass is 538 g/mol. The van der Waals surface area contributed by atoms with Crippen molar-refractivity contribution in [3.05, 3.63) is 71.5 Å². The third-order valence-corrected chi connectivity index (χ3v) is 8.43. The first-order chi connectivity index (χ1) is 17.8. The first kappa shape index (κ1) is 29.1. The molecule has 38 heavy (non-hydrogen) atoms. The maximum absolute atomic E-state index is 12.7. The van der Waals surface area contributed by atoms with Gasteiger partial charge in [0.15, 0.2) is 6.61 Å². The highest BCUT2D eigenvalue weighted by Crippen LogP contribution is 2.38. The van der Waals surface area contributed by atoms with Crippen LogP contribution in [0.2, 0.25) is 0 Å². The zero-order valence-corrected chi connectivity index (χ0v) is 24.1. The van der Waals surface area contributed by atoms with Crippen molar-refractivity contribution < 1.29 is 17.9 Å². The Labute approximate surface area is 226 Å². The maximum atomic E-state index is 12.7. The van der Waals surface area contributed by atoms with E-state index in [1.807, 2.05) is 6.07 Å². The first-order valence-corrected chi connectivity index (χ1v) is 14.3. The van der Waals surface area contributed by atoms with Gasteiger partial charge in [-0.2, -0.15) is 0 Å². The number of aromatic nitrogens is 2. The molecule has 2 aromatic carbocycles. The second kappa shape index (κ2) is 11.5. The molecule has 1 heterocycles. The number of nitrogens with zero attached hydrogens (tertiary/aromatic N) is 2. The number of rotatable bonds is 11. The van der Waals surface area contributed by atoms with Gasteiger partial charge < -0.3 is 10.1 Å². The van der Waals surface area contributed by atoms with Gasteiger partial charge in [-0.3, -0.25) is 4.79 Å². The van der Waals surface area contributed by atoms with Crippen molar-refractivity contribution in [3.8, 4) is 5.75 Å². The molecule has 0 fully saturated rings. The molecule has 1 aromatic heterocycles. The summed E-state index contributed by atoms with van der Waals surface area (Å²) >= 11 is 0. The number of anilines is 2. The maximum Gasteiger partial charge on any atom is 0.264 e. The van der Waals surface area contributed by atoms with Gasteiger partial charge in [0.25, 0.3) is 15.9 Å². The summed E-state index contributed by atoms with van der Waals surface area (Å²) in [7, 11) is -3.87. The number of benzene rings is 2. The number of hydrogen-bond acceptors (Lipinski definition) is 6. The summed E-state index contributed by atoms with van der Waals surface area (Å²) in [5.41, 5.74) is 3.34. The molecule has 0 bridgehead atoms. The Morgan fingerprint density at radius 2 is 1.61 bits per heavy atom. The number of nitrogens with one attached hydrogen (secondary N) is 2. The van der Waals surface area contributed by atoms with E-state index in [9.17, 15) is 13.2 Å². The van der Waals surface area contributed by atoms with E-state index < -0.39 is 10.0 Å². The van der Waals surface area contributed by atoms with Crippen LogP contribution >= 0.6 is 0 Å². The fourth-order valence-electron chi connectivity index (χ4n) is 3.74. The zero-order chi connectivity index (χ0) is 28.1. The highest BCUT2D eigenvalue weighted by molar-refractivity contribution is 7.92. The van der Waals surface area contributed by atoms with Gasteiger partial charge in [-0.25, -0.2) is 23.1 Å². The smallest absolute Gasteiger partial charge is 0.264 e. The first-order valence-electron chi connectivity index (χ1n) is 12.8. The Kier molecular flexibility index (Phi) is 8.82. The third kappa shape index (κ3) is 7.10. The lowest BCUT2D eigenvalue weighted by molar-refractivity contribution is -0.118. The van der Waals surface area contributed by atoms with Gasteiger partial charge >= 0.3 is 0 Å². The molecular weight excluding hydrogens is 500 g/mol. The largest absolute Gasteiger partial charge is 0.483 e. The molecule has 8 nitrogen and oxygen atoms in total. The number of amides is 1. The second-order valence-corrected chi connectivity index (χ2v) is 12.4. The minimum Gasteiger partial charge on any atom is -0.483 e. The van der Waals surface area contributed by atoms with Crippen LogP contribution in [0.25, 0.3) is 0 Å². The summed E-state index contributed by atoms with van der Waals surface area (Å²) in [6.07, 6.45) is 3.41. The molecule has 2 N–H and O–H groups in total. The Balaban J connectivity index is 1.68. The minimum absolute atomic E-state index is 0.00330. The zero-order valence-electron chi connectivity index (χ0n) is 23.3. The molecule has 0 radical (unpaired) electrons. The predicted octanol–water partition coefficient (Wildman–Crippen LogP) is 5.98. The van der Waals surface area contributed by atoms with Crippen molar-refractivity contribution in [2.75, 3.05) is 16.6 Å². The fraction of sp³-hybridized carbons (Fsp3) is 0.414. The van der Waals surface area contributed by atoms with Crippen LogP contribution in [0.3, 0.4) is 0 Å². The SMILES string of the molecule is CCC(C)(C)c1ccc(OCC(=O)Nc2ccc(S(=O)(=O)Nc3nccc(C)n3)cc2)c(C(C)(C)CC)c1. The van der Waals surface area contributed by atoms with E-state index >= 15 is 0 Å². The van der Waals surface area contributed by atoms with E-state index in [1.54, 1.807) is 13.0 Å². The molecule has 204 valence electrons. The molecule has 0 aliphatic carbocycles. The van der Waals surface area contributed by atoms with Crippen molar-refractivity contribution in [1.82, 2.24) is 9.97 Å². The lowest BCUT2D eigenvalue weighted by atomic mass is 9.76. The van der Waals surface area contributed by atoms with Gasteiger partial charge in [-0.05, 0) is 72.6 Å². The quantitative estimate of drug-likeness (QED) is 0.311. The highest BCUT2D eigenvalue weighted by atomic mass is 32.2. The minimum atomic E-state index is -3.87. The fourth-order valence-corrected chi connectivity index (χ4v) is 4.69. The number of hydrogen-bond donors (Lipinski definition) is 2. The lowest BCUT2D eigenvalue weighted by Gasteiger charge is -2.30. The Morgan fingerprint density at radius 3 is 2.21 bits per heavy atom. The van der Waals surface area contributed by atoms with E-state index in [-0.39, 0.29) is 34.2 Å². The van der Waals surface area contributed by atoms with Crippen molar-refractivity contribution in [2.45, 2.75) is 77.0 Å². The van der Waals surface area contributed by atoms with Crippen molar-refractivity contribution >= 4 is 27.6 Å². The Bertz CT molecular complexity index is 1380. The molecule has 0 unspecified atom stereocenters. The molecule has 0 aliphatic heterocycles. The third-order valence-electron chi connectivity index (χ3n) is 7.09. The molecule has 3 aromatic rings. The summed E-state index contributed by atoms with van der Waals surface area (Å²) in [5, 5.41) is 2.76. The van der Waals surface area contributed by atoms with Crippen LogP contribution in [0.5, 0.6) is 5.75 Å². The van der Waals surface area contributed by atoms with Gasteiger partial charge in [-0.15, -0.1) is 0 Å². The van der Waals surface area contributed by atoms with Crippen molar-refractivity contribution in [3.63, 3.8) is 0 Å². The van der Waals surface area contributed by atoms with Crippen LogP contribution in [0.15, 0.2) is 59.6 Å². The van der Waals surface area contributed by atoms with Gasteiger partial charge in [0.1, 0.15) is 5.75 Å². The number of carbonyl (C=O) groups is 1. The summed E-state index contributed by atoms with van der Waals surface area (Å²) < 4.78 is 33.6. The van der Waals surface area contributed by atoms with E-state index in [0.29, 0.717) is 17.1 Å². The number of ether oxygens (including phenoxy) is 1. The number of carbonyl (C=O) groups excluding carboxylic acids is 1. The number of sulfonamides is 1. The van der Waals surface area contributed by atoms with Gasteiger partial charge in [0, 0.05) is 23.1 Å². The summed E-state index contributed by atoms with van der Waals surface area (Å²) in [6, 6.07) is 13.8. The highest BCUT2D eigenvalue weighted by Gasteiger charge is 2.27. The van der Waals surface area contributed by atoms with E-state index in [2.05, 4.69) is 73.7 Å². The molecule has 0 atom stereocenters. The van der Waals surface area contributed by atoms with Gasteiger partial charge in [0.05, 0.1) is 4.90 Å². The van der Waals surface area contributed by atoms with Crippen LogP contribution in [-0.4, -0.2) is 30.9 Å². The topological polar surface area (TPSA) is 110 Å². The Hall–Kier alpha value is -3.46. The molecular formula is C29H38N4O4S. The van der Waals surface area contributed by atoms with E-state index in [1.165, 1.54) is 36.0 Å². The van der Waals surface area contributed by atoms with Crippen LogP contribution in [0.1, 0.15) is 71.2 Å². The van der Waals surface area contributed by atoms with Crippen LogP contribution in [-0.2, 0) is 25.6 Å². The molecule has 0 saturated heterocycles. The van der Waals surface area contributed by atoms with Crippen molar-refractivity contribution in [1.29, 1.82) is 0 Å². The van der Waals surface area contributed by atoms with Crippen LogP contribution in [0, 0.1) is 6.92 Å². The predicted molar refractivity (Wildman–Crippen MR) is 151 cm³/mol. The molecule has 1 amide bonds. The molecule has 9 heteroatoms. The molecule has 0 aliphatic rings. The van der Waals surface area contributed by atoms with E-state index in [4.69, 9.17) is 4.74 Å². The normalized spacial score (nSPS) is 12.2. The van der Waals surface area contributed by atoms with Crippen LogP contribution < -0.4 is 14.8 Å². The molecule has 3 rings (SSSR count). The van der Waals surface area contributed by atoms with E-state index in [0.717, 1.165) is 18.4 Å².